The van der Waals surface area contributed by atoms with Crippen molar-refractivity contribution in [3.8, 4) is 0 Å². The third kappa shape index (κ3) is 7.04. The van der Waals surface area contributed by atoms with Crippen LogP contribution < -0.4 is 5.32 Å². The van der Waals surface area contributed by atoms with Crippen LogP contribution >= 0.6 is 11.8 Å². The number of hydrogen-bond donors (Lipinski definition) is 2. The molecular weight excluding hydrogens is 242 g/mol. The van der Waals surface area contributed by atoms with Gasteiger partial charge in [0.2, 0.25) is 0 Å². The summed E-state index contributed by atoms with van der Waals surface area (Å²) in [6.45, 7) is 11.1. The van der Waals surface area contributed by atoms with E-state index in [-0.39, 0.29) is 5.54 Å². The van der Waals surface area contributed by atoms with E-state index in [2.05, 4.69) is 50.4 Å². The van der Waals surface area contributed by atoms with E-state index in [1.807, 2.05) is 13.8 Å². The number of rotatable bonds is 5. The second kappa shape index (κ2) is 6.09. The van der Waals surface area contributed by atoms with E-state index in [0.29, 0.717) is 5.75 Å². The standard InChI is InChI=1S/C15H25NOS/c1-14(2,3)16-10-12-7-6-8-13(9-12)18-11-15(4,5)17/h6-9,16-17H,10-11H2,1-5H3. The van der Waals surface area contributed by atoms with Crippen molar-refractivity contribution < 1.29 is 5.11 Å². The molecular formula is C15H25NOS. The molecule has 2 N–H and O–H groups in total. The molecule has 0 aromatic heterocycles. The van der Waals surface area contributed by atoms with Gasteiger partial charge in [0.05, 0.1) is 5.60 Å². The lowest BCUT2D eigenvalue weighted by molar-refractivity contribution is 0.107. The average Bonchev–Trinajstić information content (AvgIpc) is 2.22. The van der Waals surface area contributed by atoms with Gasteiger partial charge in [0.25, 0.3) is 0 Å². The van der Waals surface area contributed by atoms with Crippen LogP contribution in [-0.2, 0) is 6.54 Å². The van der Waals surface area contributed by atoms with Crippen LogP contribution in [-0.4, -0.2) is 22.0 Å². The maximum absolute atomic E-state index is 9.73. The highest BCUT2D eigenvalue weighted by Crippen LogP contribution is 2.23. The molecule has 0 saturated heterocycles. The average molecular weight is 267 g/mol. The van der Waals surface area contributed by atoms with Gasteiger partial charge in [-0.2, -0.15) is 0 Å². The minimum Gasteiger partial charge on any atom is -0.390 e. The maximum atomic E-state index is 9.73. The Kier molecular flexibility index (Phi) is 5.26. The molecule has 0 aliphatic carbocycles. The Morgan fingerprint density at radius 2 is 1.83 bits per heavy atom. The third-order valence-corrected chi connectivity index (χ3v) is 3.75. The maximum Gasteiger partial charge on any atom is 0.0685 e. The molecule has 0 saturated carbocycles. The minimum atomic E-state index is -0.621. The largest absolute Gasteiger partial charge is 0.390 e. The fraction of sp³-hybridized carbons (Fsp3) is 0.600. The van der Waals surface area contributed by atoms with Crippen LogP contribution in [0.1, 0.15) is 40.2 Å². The molecule has 18 heavy (non-hydrogen) atoms. The minimum absolute atomic E-state index is 0.135. The lowest BCUT2D eigenvalue weighted by Crippen LogP contribution is -2.35. The predicted octanol–water partition coefficient (Wildman–Crippen LogP) is 3.44. The molecule has 0 atom stereocenters. The van der Waals surface area contributed by atoms with Gasteiger partial charge in [-0.3, -0.25) is 0 Å². The zero-order chi connectivity index (χ0) is 13.8. The molecule has 2 nitrogen and oxygen atoms in total. The lowest BCUT2D eigenvalue weighted by Gasteiger charge is -2.21. The van der Waals surface area contributed by atoms with Crippen LogP contribution in [0.5, 0.6) is 0 Å². The highest BCUT2D eigenvalue weighted by Gasteiger charge is 2.13. The lowest BCUT2D eigenvalue weighted by atomic mass is 10.1. The summed E-state index contributed by atoms with van der Waals surface area (Å²) in [5, 5.41) is 13.2. The first-order chi connectivity index (χ1) is 8.16. The molecule has 3 heteroatoms. The number of benzene rings is 1. The fourth-order valence-corrected chi connectivity index (χ4v) is 2.30. The summed E-state index contributed by atoms with van der Waals surface area (Å²) in [6, 6.07) is 8.49. The number of thioether (sulfide) groups is 1. The third-order valence-electron chi connectivity index (χ3n) is 2.31. The number of aliphatic hydroxyl groups is 1. The van der Waals surface area contributed by atoms with Crippen molar-refractivity contribution in [1.29, 1.82) is 0 Å². The van der Waals surface area contributed by atoms with Crippen molar-refractivity contribution in [2.24, 2.45) is 0 Å². The van der Waals surface area contributed by atoms with Crippen molar-refractivity contribution in [1.82, 2.24) is 5.32 Å². The molecule has 0 bridgehead atoms. The van der Waals surface area contributed by atoms with Gasteiger partial charge in [-0.25, -0.2) is 0 Å². The Bertz CT molecular complexity index is 344. The molecule has 0 aliphatic rings. The predicted molar refractivity (Wildman–Crippen MR) is 80.1 cm³/mol. The summed E-state index contributed by atoms with van der Waals surface area (Å²) >= 11 is 1.70. The van der Waals surface area contributed by atoms with Crippen LogP contribution in [0, 0.1) is 0 Å². The van der Waals surface area contributed by atoms with Gasteiger partial charge in [-0.1, -0.05) is 12.1 Å². The number of hydrogen-bond acceptors (Lipinski definition) is 3. The quantitative estimate of drug-likeness (QED) is 0.802. The van der Waals surface area contributed by atoms with Crippen LogP contribution in [0.15, 0.2) is 29.2 Å². The smallest absolute Gasteiger partial charge is 0.0685 e. The van der Waals surface area contributed by atoms with Gasteiger partial charge in [-0.05, 0) is 52.3 Å². The van der Waals surface area contributed by atoms with Gasteiger partial charge in [-0.15, -0.1) is 11.8 Å². The van der Waals surface area contributed by atoms with Gasteiger partial charge >= 0.3 is 0 Å². The Morgan fingerprint density at radius 3 is 2.39 bits per heavy atom. The van der Waals surface area contributed by atoms with Crippen LogP contribution in [0.25, 0.3) is 0 Å². The van der Waals surface area contributed by atoms with Crippen molar-refractivity contribution in [2.75, 3.05) is 5.75 Å². The van der Waals surface area contributed by atoms with Gasteiger partial charge in [0.1, 0.15) is 0 Å². The van der Waals surface area contributed by atoms with Crippen LogP contribution in [0.3, 0.4) is 0 Å². The van der Waals surface area contributed by atoms with Crippen molar-refractivity contribution in [3.05, 3.63) is 29.8 Å². The summed E-state index contributed by atoms with van der Waals surface area (Å²) in [5.41, 5.74) is 0.797. The molecule has 0 amide bonds. The van der Waals surface area contributed by atoms with Crippen molar-refractivity contribution >= 4 is 11.8 Å². The fourth-order valence-electron chi connectivity index (χ4n) is 1.37. The molecule has 0 unspecified atom stereocenters. The zero-order valence-corrected chi connectivity index (χ0v) is 12.9. The highest BCUT2D eigenvalue weighted by molar-refractivity contribution is 7.99. The van der Waals surface area contributed by atoms with Gasteiger partial charge in [0, 0.05) is 22.7 Å². The highest BCUT2D eigenvalue weighted by atomic mass is 32.2. The monoisotopic (exact) mass is 267 g/mol. The van der Waals surface area contributed by atoms with Crippen LogP contribution in [0.2, 0.25) is 0 Å². The number of nitrogens with one attached hydrogen (secondary N) is 1. The Balaban J connectivity index is 2.57. The van der Waals surface area contributed by atoms with E-state index in [1.165, 1.54) is 10.5 Å². The zero-order valence-electron chi connectivity index (χ0n) is 12.1. The van der Waals surface area contributed by atoms with E-state index in [4.69, 9.17) is 0 Å². The molecule has 102 valence electrons. The second-order valence-electron chi connectivity index (χ2n) is 6.35. The molecule has 0 heterocycles. The van der Waals surface area contributed by atoms with Gasteiger partial charge < -0.3 is 10.4 Å². The SMILES string of the molecule is CC(C)(O)CSc1cccc(CNC(C)(C)C)c1. The summed E-state index contributed by atoms with van der Waals surface area (Å²) in [7, 11) is 0. The normalized spacial score (nSPS) is 12.8. The van der Waals surface area contributed by atoms with E-state index < -0.39 is 5.60 Å². The van der Waals surface area contributed by atoms with E-state index >= 15 is 0 Å². The van der Waals surface area contributed by atoms with Gasteiger partial charge in [0.15, 0.2) is 0 Å². The molecule has 0 radical (unpaired) electrons. The molecule has 0 aliphatic heterocycles. The second-order valence-corrected chi connectivity index (χ2v) is 7.40. The molecule has 0 fully saturated rings. The first kappa shape index (κ1) is 15.5. The summed E-state index contributed by atoms with van der Waals surface area (Å²) in [5.74, 6) is 0.711. The Labute approximate surface area is 115 Å². The van der Waals surface area contributed by atoms with E-state index in [9.17, 15) is 5.11 Å². The van der Waals surface area contributed by atoms with Crippen molar-refractivity contribution in [3.63, 3.8) is 0 Å². The van der Waals surface area contributed by atoms with E-state index in [0.717, 1.165) is 6.54 Å². The summed E-state index contributed by atoms with van der Waals surface area (Å²) < 4.78 is 0. The Morgan fingerprint density at radius 1 is 1.17 bits per heavy atom. The molecule has 1 aromatic carbocycles. The first-order valence-corrected chi connectivity index (χ1v) is 7.33. The topological polar surface area (TPSA) is 32.3 Å². The molecule has 1 aromatic rings. The van der Waals surface area contributed by atoms with E-state index in [1.54, 1.807) is 11.8 Å². The van der Waals surface area contributed by atoms with Crippen molar-refractivity contribution in [2.45, 2.75) is 57.2 Å². The Hall–Kier alpha value is -0.510. The molecule has 0 spiro atoms. The first-order valence-electron chi connectivity index (χ1n) is 6.35. The van der Waals surface area contributed by atoms with Crippen LogP contribution in [0.4, 0.5) is 0 Å². The summed E-state index contributed by atoms with van der Waals surface area (Å²) in [4.78, 5) is 1.21. The molecule has 1 rings (SSSR count). The summed E-state index contributed by atoms with van der Waals surface area (Å²) in [6.07, 6.45) is 0.